The van der Waals surface area contributed by atoms with Crippen molar-refractivity contribution in [3.8, 4) is 16.2 Å². The highest BCUT2D eigenvalue weighted by Crippen LogP contribution is 2.34. The van der Waals surface area contributed by atoms with Gasteiger partial charge in [-0.3, -0.25) is 9.59 Å². The van der Waals surface area contributed by atoms with Gasteiger partial charge in [0.25, 0.3) is 11.8 Å². The van der Waals surface area contributed by atoms with E-state index < -0.39 is 0 Å². The lowest BCUT2D eigenvalue weighted by Crippen LogP contribution is -2.42. The number of thioether (sulfide) groups is 1. The van der Waals surface area contributed by atoms with Gasteiger partial charge in [-0.15, -0.1) is 23.1 Å². The second-order valence-corrected chi connectivity index (χ2v) is 10.8. The van der Waals surface area contributed by atoms with Gasteiger partial charge >= 0.3 is 0 Å². The molecule has 34 heavy (non-hydrogen) atoms. The van der Waals surface area contributed by atoms with Crippen LogP contribution in [0.3, 0.4) is 0 Å². The van der Waals surface area contributed by atoms with E-state index in [0.29, 0.717) is 53.4 Å². The van der Waals surface area contributed by atoms with Crippen molar-refractivity contribution < 1.29 is 18.7 Å². The van der Waals surface area contributed by atoms with E-state index in [-0.39, 0.29) is 23.0 Å². The van der Waals surface area contributed by atoms with Crippen molar-refractivity contribution in [1.29, 1.82) is 0 Å². The number of nitrogens with one attached hydrogen (secondary N) is 1. The van der Waals surface area contributed by atoms with E-state index >= 15 is 0 Å². The van der Waals surface area contributed by atoms with Crippen molar-refractivity contribution in [2.75, 3.05) is 25.4 Å². The molecular weight excluding hydrogens is 473 g/mol. The molecule has 1 unspecified atom stereocenters. The summed E-state index contributed by atoms with van der Waals surface area (Å²) in [4.78, 5) is 33.3. The van der Waals surface area contributed by atoms with Crippen LogP contribution in [0.25, 0.3) is 10.4 Å². The molecule has 2 amide bonds. The fourth-order valence-electron chi connectivity index (χ4n) is 4.27. The lowest BCUT2D eigenvalue weighted by molar-refractivity contribution is 0.0747. The van der Waals surface area contributed by atoms with E-state index in [9.17, 15) is 14.0 Å². The first-order valence-corrected chi connectivity index (χ1v) is 13.0. The molecule has 6 nitrogen and oxygen atoms in total. The number of carbonyl (C=O) groups is 2. The standard InChI is InChI=1S/C25H24FN3O3S2/c1-14-6-7-16(12-19(14)26)23-22(28-15(2)34-23)25(31)29-9-11-33-21(29)13-27-24(30)18-4-3-5-20-17(18)8-10-32-20/h3-7,12,21H,8-11,13H2,1-2H3,(H,27,30). The number of halogens is 1. The molecule has 1 fully saturated rings. The number of ether oxygens (including phenoxy) is 1. The molecule has 9 heteroatoms. The van der Waals surface area contributed by atoms with Gasteiger partial charge in [0.05, 0.1) is 21.9 Å². The second-order valence-electron chi connectivity index (χ2n) is 8.29. The average molecular weight is 498 g/mol. The SMILES string of the molecule is Cc1nc(C(=O)N2CCSC2CNC(=O)c2cccc3c2CCO3)c(-c2ccc(C)c(F)c2)s1. The number of hydrogen-bond acceptors (Lipinski definition) is 6. The first kappa shape index (κ1) is 22.9. The number of benzene rings is 2. The van der Waals surface area contributed by atoms with Crippen LogP contribution in [0.15, 0.2) is 36.4 Å². The van der Waals surface area contributed by atoms with E-state index in [2.05, 4.69) is 10.3 Å². The van der Waals surface area contributed by atoms with Gasteiger partial charge < -0.3 is 15.0 Å². The molecule has 176 valence electrons. The minimum atomic E-state index is -0.308. The average Bonchev–Trinajstić information content (AvgIpc) is 3.57. The first-order chi connectivity index (χ1) is 16.4. The van der Waals surface area contributed by atoms with E-state index in [1.807, 2.05) is 25.1 Å². The highest BCUT2D eigenvalue weighted by atomic mass is 32.2. The third-order valence-corrected chi connectivity index (χ3v) is 8.29. The Morgan fingerprint density at radius 1 is 1.26 bits per heavy atom. The minimum Gasteiger partial charge on any atom is -0.493 e. The topological polar surface area (TPSA) is 71.5 Å². The summed E-state index contributed by atoms with van der Waals surface area (Å²) in [7, 11) is 0. The molecule has 0 bridgehead atoms. The summed E-state index contributed by atoms with van der Waals surface area (Å²) in [6.45, 7) is 5.03. The fraction of sp³-hybridized carbons (Fsp3) is 0.320. The fourth-order valence-corrected chi connectivity index (χ4v) is 6.33. The summed E-state index contributed by atoms with van der Waals surface area (Å²) < 4.78 is 19.8. The van der Waals surface area contributed by atoms with E-state index in [0.717, 1.165) is 22.1 Å². The zero-order valence-electron chi connectivity index (χ0n) is 18.9. The largest absolute Gasteiger partial charge is 0.493 e. The maximum atomic E-state index is 14.2. The number of nitrogens with zero attached hydrogens (tertiary/aromatic N) is 2. The number of hydrogen-bond donors (Lipinski definition) is 1. The summed E-state index contributed by atoms with van der Waals surface area (Å²) in [6.07, 6.45) is 0.716. The Kier molecular flexibility index (Phi) is 6.31. The molecule has 0 spiro atoms. The van der Waals surface area contributed by atoms with Crippen LogP contribution in [-0.4, -0.2) is 52.5 Å². The predicted octanol–water partition coefficient (Wildman–Crippen LogP) is 4.45. The van der Waals surface area contributed by atoms with Crippen LogP contribution in [0.2, 0.25) is 0 Å². The summed E-state index contributed by atoms with van der Waals surface area (Å²) in [6, 6.07) is 10.5. The zero-order valence-corrected chi connectivity index (χ0v) is 20.5. The molecule has 0 radical (unpaired) electrons. The van der Waals surface area contributed by atoms with Gasteiger partial charge in [0.2, 0.25) is 0 Å². The van der Waals surface area contributed by atoms with Crippen molar-refractivity contribution >= 4 is 34.9 Å². The summed E-state index contributed by atoms with van der Waals surface area (Å²) in [5.74, 6) is 0.871. The molecule has 1 saturated heterocycles. The van der Waals surface area contributed by atoms with Crippen LogP contribution in [-0.2, 0) is 6.42 Å². The van der Waals surface area contributed by atoms with Crippen molar-refractivity contribution in [1.82, 2.24) is 15.2 Å². The second kappa shape index (κ2) is 9.38. The number of amides is 2. The summed E-state index contributed by atoms with van der Waals surface area (Å²) >= 11 is 3.01. The maximum Gasteiger partial charge on any atom is 0.274 e. The van der Waals surface area contributed by atoms with Gasteiger partial charge in [0.1, 0.15) is 17.3 Å². The van der Waals surface area contributed by atoms with Gasteiger partial charge in [-0.25, -0.2) is 9.37 Å². The third-order valence-electron chi connectivity index (χ3n) is 6.05. The van der Waals surface area contributed by atoms with Crippen molar-refractivity contribution in [2.24, 2.45) is 0 Å². The number of aryl methyl sites for hydroxylation is 2. The Morgan fingerprint density at radius 3 is 2.94 bits per heavy atom. The van der Waals surface area contributed by atoms with Crippen LogP contribution < -0.4 is 10.1 Å². The number of fused-ring (bicyclic) bond motifs is 1. The highest BCUT2D eigenvalue weighted by molar-refractivity contribution is 8.00. The van der Waals surface area contributed by atoms with Gasteiger partial charge in [-0.2, -0.15) is 0 Å². The monoisotopic (exact) mass is 497 g/mol. The molecule has 5 rings (SSSR count). The maximum absolute atomic E-state index is 14.2. The van der Waals surface area contributed by atoms with Crippen LogP contribution in [0, 0.1) is 19.7 Å². The van der Waals surface area contributed by atoms with Crippen molar-refractivity contribution in [3.63, 3.8) is 0 Å². The lowest BCUT2D eigenvalue weighted by Gasteiger charge is -2.24. The number of rotatable bonds is 5. The Hall–Kier alpha value is -2.91. The first-order valence-electron chi connectivity index (χ1n) is 11.1. The molecule has 0 saturated carbocycles. The summed E-state index contributed by atoms with van der Waals surface area (Å²) in [5.41, 5.74) is 3.09. The van der Waals surface area contributed by atoms with Crippen LogP contribution in [0.4, 0.5) is 4.39 Å². The summed E-state index contributed by atoms with van der Waals surface area (Å²) in [5, 5.41) is 3.54. The molecule has 1 aromatic heterocycles. The Balaban J connectivity index is 1.33. The lowest BCUT2D eigenvalue weighted by atomic mass is 10.0. The Morgan fingerprint density at radius 2 is 2.12 bits per heavy atom. The highest BCUT2D eigenvalue weighted by Gasteiger charge is 2.33. The van der Waals surface area contributed by atoms with Gasteiger partial charge in [0, 0.05) is 36.4 Å². The smallest absolute Gasteiger partial charge is 0.274 e. The normalized spacial score (nSPS) is 16.9. The van der Waals surface area contributed by atoms with Crippen LogP contribution in [0.1, 0.15) is 37.0 Å². The Bertz CT molecular complexity index is 1280. The Labute approximate surface area is 205 Å². The number of carbonyl (C=O) groups excluding carboxylic acids is 2. The molecule has 1 N–H and O–H groups in total. The predicted molar refractivity (Wildman–Crippen MR) is 132 cm³/mol. The van der Waals surface area contributed by atoms with Crippen molar-refractivity contribution in [3.05, 3.63) is 69.6 Å². The molecule has 1 atom stereocenters. The molecule has 0 aliphatic carbocycles. The molecular formula is C25H24FN3O3S2. The molecule has 3 heterocycles. The molecule has 3 aromatic rings. The van der Waals surface area contributed by atoms with E-state index in [1.165, 1.54) is 17.4 Å². The molecule has 2 aliphatic heterocycles. The van der Waals surface area contributed by atoms with Crippen molar-refractivity contribution in [2.45, 2.75) is 25.6 Å². The van der Waals surface area contributed by atoms with Gasteiger partial charge in [0.15, 0.2) is 0 Å². The van der Waals surface area contributed by atoms with E-state index in [1.54, 1.807) is 35.7 Å². The number of aromatic nitrogens is 1. The van der Waals surface area contributed by atoms with E-state index in [4.69, 9.17) is 4.74 Å². The van der Waals surface area contributed by atoms with Crippen LogP contribution in [0.5, 0.6) is 5.75 Å². The third kappa shape index (κ3) is 4.30. The zero-order chi connectivity index (χ0) is 23.8. The van der Waals surface area contributed by atoms with Crippen LogP contribution >= 0.6 is 23.1 Å². The quantitative estimate of drug-likeness (QED) is 0.564. The molecule has 2 aromatic carbocycles. The molecule has 2 aliphatic rings. The number of thiazole rings is 1. The van der Waals surface area contributed by atoms with Gasteiger partial charge in [-0.1, -0.05) is 18.2 Å². The van der Waals surface area contributed by atoms with Gasteiger partial charge in [-0.05, 0) is 43.2 Å². The minimum absolute atomic E-state index is 0.164.